The van der Waals surface area contributed by atoms with Crippen molar-refractivity contribution >= 4 is 17.7 Å². The van der Waals surface area contributed by atoms with Gasteiger partial charge in [0.15, 0.2) is 5.79 Å². The Bertz CT molecular complexity index is 724. The summed E-state index contributed by atoms with van der Waals surface area (Å²) < 4.78 is 11.6. The SMILES string of the molecule is CCCCCCCCCCCC(=O)NCC1CCCN1C(=O)CCNC(=O)C1OC(C)(C)OCC1(C)C. The van der Waals surface area contributed by atoms with Gasteiger partial charge in [-0.2, -0.15) is 0 Å². The van der Waals surface area contributed by atoms with Crippen LogP contribution in [0.15, 0.2) is 0 Å². The zero-order valence-corrected chi connectivity index (χ0v) is 24.2. The van der Waals surface area contributed by atoms with Gasteiger partial charge in [0.05, 0.1) is 6.61 Å². The summed E-state index contributed by atoms with van der Waals surface area (Å²) in [5, 5.41) is 5.92. The first-order valence-electron chi connectivity index (χ1n) is 14.7. The molecule has 0 aromatic rings. The van der Waals surface area contributed by atoms with Gasteiger partial charge in [0, 0.05) is 43.9 Å². The summed E-state index contributed by atoms with van der Waals surface area (Å²) in [7, 11) is 0. The molecule has 37 heavy (non-hydrogen) atoms. The molecule has 2 N–H and O–H groups in total. The number of hydrogen-bond donors (Lipinski definition) is 2. The molecule has 2 saturated heterocycles. The van der Waals surface area contributed by atoms with Crippen molar-refractivity contribution in [2.45, 2.75) is 136 Å². The van der Waals surface area contributed by atoms with Crippen LogP contribution in [-0.2, 0) is 23.9 Å². The minimum absolute atomic E-state index is 0.0171. The Morgan fingerprint density at radius 1 is 0.892 bits per heavy atom. The molecule has 2 aliphatic rings. The molecule has 0 radical (unpaired) electrons. The summed E-state index contributed by atoms with van der Waals surface area (Å²) in [5.41, 5.74) is -0.448. The number of amides is 3. The number of nitrogens with one attached hydrogen (secondary N) is 2. The Morgan fingerprint density at radius 2 is 1.54 bits per heavy atom. The Labute approximate surface area is 225 Å². The van der Waals surface area contributed by atoms with Crippen molar-refractivity contribution in [3.05, 3.63) is 0 Å². The Hall–Kier alpha value is -1.67. The van der Waals surface area contributed by atoms with Crippen molar-refractivity contribution < 1.29 is 23.9 Å². The first-order valence-corrected chi connectivity index (χ1v) is 14.7. The molecule has 0 saturated carbocycles. The topological polar surface area (TPSA) is 97.0 Å². The molecular formula is C29H53N3O5. The molecule has 0 aromatic heterocycles. The van der Waals surface area contributed by atoms with E-state index in [9.17, 15) is 14.4 Å². The molecule has 2 heterocycles. The lowest BCUT2D eigenvalue weighted by Crippen LogP contribution is -2.56. The molecule has 0 aromatic carbocycles. The molecule has 2 atom stereocenters. The van der Waals surface area contributed by atoms with Crippen molar-refractivity contribution in [2.75, 3.05) is 26.2 Å². The first kappa shape index (κ1) is 31.5. The largest absolute Gasteiger partial charge is 0.354 e. The van der Waals surface area contributed by atoms with E-state index in [1.165, 1.54) is 44.9 Å². The molecule has 2 rings (SSSR count). The minimum Gasteiger partial charge on any atom is -0.354 e. The first-order chi connectivity index (χ1) is 17.6. The maximum Gasteiger partial charge on any atom is 0.249 e. The van der Waals surface area contributed by atoms with E-state index in [4.69, 9.17) is 9.47 Å². The molecular weight excluding hydrogens is 470 g/mol. The summed E-state index contributed by atoms with van der Waals surface area (Å²) >= 11 is 0. The highest BCUT2D eigenvalue weighted by atomic mass is 16.7. The number of likely N-dealkylation sites (tertiary alicyclic amines) is 1. The highest BCUT2D eigenvalue weighted by Crippen LogP contribution is 2.34. The standard InChI is InChI=1S/C29H53N3O5/c1-6-7-8-9-10-11-12-13-14-17-24(33)31-21-23-16-15-20-32(23)25(34)18-19-30-27(35)26-28(2,3)22-36-29(4,5)37-26/h23,26H,6-22H2,1-5H3,(H,30,35)(H,31,33). The average Bonchev–Trinajstić information content (AvgIpc) is 3.32. The maximum atomic E-state index is 12.9. The number of rotatable bonds is 16. The fourth-order valence-electron chi connectivity index (χ4n) is 5.14. The summed E-state index contributed by atoms with van der Waals surface area (Å²) in [6.07, 6.45) is 13.1. The molecule has 2 fully saturated rings. The minimum atomic E-state index is -0.811. The van der Waals surface area contributed by atoms with Gasteiger partial charge in [-0.1, -0.05) is 72.1 Å². The van der Waals surface area contributed by atoms with Crippen LogP contribution in [-0.4, -0.2) is 66.8 Å². The van der Waals surface area contributed by atoms with Gasteiger partial charge in [0.2, 0.25) is 17.7 Å². The summed E-state index contributed by atoms with van der Waals surface area (Å²) in [6, 6.07) is 0.0360. The average molecular weight is 524 g/mol. The zero-order chi connectivity index (χ0) is 27.3. The fourth-order valence-corrected chi connectivity index (χ4v) is 5.14. The number of carbonyl (C=O) groups excluding carboxylic acids is 3. The van der Waals surface area contributed by atoms with E-state index in [0.717, 1.165) is 25.7 Å². The van der Waals surface area contributed by atoms with E-state index in [-0.39, 0.29) is 36.7 Å². The van der Waals surface area contributed by atoms with Crippen molar-refractivity contribution in [1.82, 2.24) is 15.5 Å². The van der Waals surface area contributed by atoms with E-state index in [1.807, 2.05) is 18.7 Å². The van der Waals surface area contributed by atoms with E-state index in [2.05, 4.69) is 17.6 Å². The van der Waals surface area contributed by atoms with Gasteiger partial charge in [-0.25, -0.2) is 0 Å². The summed E-state index contributed by atoms with van der Waals surface area (Å²) in [4.78, 5) is 39.8. The van der Waals surface area contributed by atoms with E-state index >= 15 is 0 Å². The van der Waals surface area contributed by atoms with Crippen LogP contribution in [0.5, 0.6) is 0 Å². The summed E-state index contributed by atoms with van der Waals surface area (Å²) in [6.45, 7) is 11.6. The van der Waals surface area contributed by atoms with Crippen LogP contribution in [0.1, 0.15) is 118 Å². The van der Waals surface area contributed by atoms with Crippen LogP contribution in [0.4, 0.5) is 0 Å². The molecule has 8 nitrogen and oxygen atoms in total. The van der Waals surface area contributed by atoms with Gasteiger partial charge in [0.1, 0.15) is 6.10 Å². The summed E-state index contributed by atoms with van der Waals surface area (Å²) in [5.74, 6) is -0.926. The molecule has 3 amide bonds. The van der Waals surface area contributed by atoms with Gasteiger partial charge in [0.25, 0.3) is 0 Å². The molecule has 0 aliphatic carbocycles. The normalized spacial score (nSPS) is 22.6. The fraction of sp³-hybridized carbons (Fsp3) is 0.897. The molecule has 0 spiro atoms. The molecule has 214 valence electrons. The second-order valence-electron chi connectivity index (χ2n) is 12.0. The van der Waals surface area contributed by atoms with Gasteiger partial charge in [-0.15, -0.1) is 0 Å². The Morgan fingerprint density at radius 3 is 2.22 bits per heavy atom. The van der Waals surface area contributed by atoms with Crippen LogP contribution in [0.2, 0.25) is 0 Å². The second-order valence-corrected chi connectivity index (χ2v) is 12.0. The number of unbranched alkanes of at least 4 members (excludes halogenated alkanes) is 8. The van der Waals surface area contributed by atoms with E-state index in [0.29, 0.717) is 26.1 Å². The lowest BCUT2D eigenvalue weighted by molar-refractivity contribution is -0.304. The number of ether oxygens (including phenoxy) is 2. The number of hydrogen-bond acceptors (Lipinski definition) is 5. The molecule has 0 bridgehead atoms. The van der Waals surface area contributed by atoms with Gasteiger partial charge in [-0.3, -0.25) is 14.4 Å². The van der Waals surface area contributed by atoms with Crippen molar-refractivity contribution in [3.63, 3.8) is 0 Å². The van der Waals surface area contributed by atoms with E-state index in [1.54, 1.807) is 13.8 Å². The van der Waals surface area contributed by atoms with Crippen molar-refractivity contribution in [1.29, 1.82) is 0 Å². The number of carbonyl (C=O) groups is 3. The van der Waals surface area contributed by atoms with E-state index < -0.39 is 17.3 Å². The third-order valence-corrected chi connectivity index (χ3v) is 7.52. The second kappa shape index (κ2) is 15.7. The van der Waals surface area contributed by atoms with Crippen molar-refractivity contribution in [3.8, 4) is 0 Å². The zero-order valence-electron chi connectivity index (χ0n) is 24.2. The van der Waals surface area contributed by atoms with Crippen molar-refractivity contribution in [2.24, 2.45) is 5.41 Å². The highest BCUT2D eigenvalue weighted by molar-refractivity contribution is 5.83. The van der Waals surface area contributed by atoms with Crippen LogP contribution < -0.4 is 10.6 Å². The quantitative estimate of drug-likeness (QED) is 0.286. The monoisotopic (exact) mass is 523 g/mol. The van der Waals surface area contributed by atoms with Crippen LogP contribution in [0, 0.1) is 5.41 Å². The predicted molar refractivity (Wildman–Crippen MR) is 146 cm³/mol. The lowest BCUT2D eigenvalue weighted by atomic mass is 9.85. The van der Waals surface area contributed by atoms with Gasteiger partial charge >= 0.3 is 0 Å². The third kappa shape index (κ3) is 11.3. The molecule has 2 aliphatic heterocycles. The molecule has 8 heteroatoms. The Balaban J connectivity index is 1.62. The highest BCUT2D eigenvalue weighted by Gasteiger charge is 2.45. The van der Waals surface area contributed by atoms with Crippen LogP contribution in [0.3, 0.4) is 0 Å². The predicted octanol–water partition coefficient (Wildman–Crippen LogP) is 4.70. The third-order valence-electron chi connectivity index (χ3n) is 7.52. The lowest BCUT2D eigenvalue weighted by Gasteiger charge is -2.44. The smallest absolute Gasteiger partial charge is 0.249 e. The van der Waals surface area contributed by atoms with Gasteiger partial charge < -0.3 is 25.0 Å². The van der Waals surface area contributed by atoms with Crippen LogP contribution in [0.25, 0.3) is 0 Å². The maximum absolute atomic E-state index is 12.9. The van der Waals surface area contributed by atoms with Crippen LogP contribution >= 0.6 is 0 Å². The van der Waals surface area contributed by atoms with Gasteiger partial charge in [-0.05, 0) is 33.1 Å². The Kier molecular flexibility index (Phi) is 13.4. The molecule has 2 unspecified atom stereocenters. The number of nitrogens with zero attached hydrogens (tertiary/aromatic N) is 1.